The molecule has 7 heteroatoms. The average Bonchev–Trinajstić information content (AvgIpc) is 2.87. The number of hydrogen-bond acceptors (Lipinski definition) is 5. The normalized spacial score (nSPS) is 22.3. The van der Waals surface area contributed by atoms with Gasteiger partial charge in [-0.2, -0.15) is 4.52 Å². The number of carbonyl (C=O) groups is 1. The summed E-state index contributed by atoms with van der Waals surface area (Å²) < 4.78 is 1.77. The lowest BCUT2D eigenvalue weighted by Gasteiger charge is -2.33. The van der Waals surface area contributed by atoms with Crippen LogP contribution in [0.25, 0.3) is 5.65 Å². The molecule has 4 rings (SSSR count). The van der Waals surface area contributed by atoms with E-state index in [2.05, 4.69) is 25.5 Å². The molecule has 0 bridgehead atoms. The second kappa shape index (κ2) is 7.60. The SMILES string of the molecule is Cc1nnc2ccc(N3CCCC(C(=O)NC4CCCCCC4)C3)nn12. The van der Waals surface area contributed by atoms with Gasteiger partial charge in [0, 0.05) is 19.1 Å². The lowest BCUT2D eigenvalue weighted by Crippen LogP contribution is -2.46. The lowest BCUT2D eigenvalue weighted by atomic mass is 9.96. The topological polar surface area (TPSA) is 75.4 Å². The van der Waals surface area contributed by atoms with Crippen molar-refractivity contribution in [2.45, 2.75) is 64.3 Å². The van der Waals surface area contributed by atoms with Crippen molar-refractivity contribution in [2.75, 3.05) is 18.0 Å². The van der Waals surface area contributed by atoms with E-state index in [1.54, 1.807) is 4.52 Å². The van der Waals surface area contributed by atoms with E-state index in [0.717, 1.165) is 56.1 Å². The number of nitrogens with zero attached hydrogens (tertiary/aromatic N) is 5. The van der Waals surface area contributed by atoms with E-state index in [-0.39, 0.29) is 11.8 Å². The van der Waals surface area contributed by atoms with Crippen molar-refractivity contribution in [3.8, 4) is 0 Å². The molecule has 2 fully saturated rings. The van der Waals surface area contributed by atoms with E-state index in [4.69, 9.17) is 0 Å². The zero-order valence-electron chi connectivity index (χ0n) is 15.5. The maximum Gasteiger partial charge on any atom is 0.225 e. The molecule has 1 atom stereocenters. The fraction of sp³-hybridized carbons (Fsp3) is 0.684. The highest BCUT2D eigenvalue weighted by Gasteiger charge is 2.28. The summed E-state index contributed by atoms with van der Waals surface area (Å²) in [5, 5.41) is 16.1. The van der Waals surface area contributed by atoms with Crippen molar-refractivity contribution in [3.05, 3.63) is 18.0 Å². The van der Waals surface area contributed by atoms with Crippen LogP contribution >= 0.6 is 0 Å². The molecule has 1 saturated heterocycles. The summed E-state index contributed by atoms with van der Waals surface area (Å²) in [5.74, 6) is 1.95. The molecular weight excluding hydrogens is 328 g/mol. The van der Waals surface area contributed by atoms with Crippen LogP contribution < -0.4 is 10.2 Å². The van der Waals surface area contributed by atoms with Crippen molar-refractivity contribution in [1.29, 1.82) is 0 Å². The molecule has 2 aromatic rings. The number of aryl methyl sites for hydroxylation is 1. The van der Waals surface area contributed by atoms with Crippen molar-refractivity contribution in [1.82, 2.24) is 25.1 Å². The minimum absolute atomic E-state index is 0.0477. The Bertz CT molecular complexity index is 764. The monoisotopic (exact) mass is 356 g/mol. The van der Waals surface area contributed by atoms with Gasteiger partial charge in [0.2, 0.25) is 5.91 Å². The Labute approximate surface area is 154 Å². The maximum atomic E-state index is 12.8. The smallest absolute Gasteiger partial charge is 0.225 e. The third kappa shape index (κ3) is 3.66. The van der Waals surface area contributed by atoms with Gasteiger partial charge in [0.15, 0.2) is 11.5 Å². The summed E-state index contributed by atoms with van der Waals surface area (Å²) in [6.07, 6.45) is 9.33. The summed E-state index contributed by atoms with van der Waals surface area (Å²) in [4.78, 5) is 15.0. The minimum atomic E-state index is 0.0477. The van der Waals surface area contributed by atoms with Gasteiger partial charge in [-0.15, -0.1) is 15.3 Å². The summed E-state index contributed by atoms with van der Waals surface area (Å²) in [5.41, 5.74) is 0.755. The van der Waals surface area contributed by atoms with Gasteiger partial charge in [-0.1, -0.05) is 25.7 Å². The van der Waals surface area contributed by atoms with Gasteiger partial charge in [0.05, 0.1) is 5.92 Å². The molecule has 0 spiro atoms. The molecule has 26 heavy (non-hydrogen) atoms. The number of amides is 1. The highest BCUT2D eigenvalue weighted by molar-refractivity contribution is 5.79. The molecule has 1 N–H and O–H groups in total. The summed E-state index contributed by atoms with van der Waals surface area (Å²) in [6.45, 7) is 3.57. The second-order valence-electron chi connectivity index (χ2n) is 7.69. The largest absolute Gasteiger partial charge is 0.354 e. The van der Waals surface area contributed by atoms with Gasteiger partial charge in [0.25, 0.3) is 0 Å². The number of fused-ring (bicyclic) bond motifs is 1. The van der Waals surface area contributed by atoms with Gasteiger partial charge in [0.1, 0.15) is 5.82 Å². The fourth-order valence-electron chi connectivity index (χ4n) is 4.20. The maximum absolute atomic E-state index is 12.8. The van der Waals surface area contributed by atoms with Crippen LogP contribution in [-0.2, 0) is 4.79 Å². The van der Waals surface area contributed by atoms with Crippen molar-refractivity contribution in [3.63, 3.8) is 0 Å². The van der Waals surface area contributed by atoms with Crippen LogP contribution in [0.3, 0.4) is 0 Å². The molecule has 0 radical (unpaired) electrons. The van der Waals surface area contributed by atoms with Crippen molar-refractivity contribution in [2.24, 2.45) is 5.92 Å². The fourth-order valence-corrected chi connectivity index (χ4v) is 4.20. The molecule has 1 amide bonds. The first-order valence-electron chi connectivity index (χ1n) is 9.95. The first-order valence-corrected chi connectivity index (χ1v) is 9.95. The Balaban J connectivity index is 1.42. The quantitative estimate of drug-likeness (QED) is 0.855. The zero-order valence-corrected chi connectivity index (χ0v) is 15.5. The van der Waals surface area contributed by atoms with E-state index in [1.807, 2.05) is 19.1 Å². The summed E-state index contributed by atoms with van der Waals surface area (Å²) in [7, 11) is 0. The van der Waals surface area contributed by atoms with E-state index in [0.29, 0.717) is 6.04 Å². The second-order valence-corrected chi connectivity index (χ2v) is 7.69. The molecule has 2 aromatic heterocycles. The number of piperidine rings is 1. The predicted molar refractivity (Wildman–Crippen MR) is 100 cm³/mol. The van der Waals surface area contributed by atoms with Crippen LogP contribution in [0.5, 0.6) is 0 Å². The average molecular weight is 356 g/mol. The molecule has 1 saturated carbocycles. The number of nitrogens with one attached hydrogen (secondary N) is 1. The number of carbonyl (C=O) groups excluding carboxylic acids is 1. The van der Waals surface area contributed by atoms with Gasteiger partial charge >= 0.3 is 0 Å². The van der Waals surface area contributed by atoms with Crippen LogP contribution in [0, 0.1) is 12.8 Å². The van der Waals surface area contributed by atoms with Crippen LogP contribution in [0.1, 0.15) is 57.2 Å². The van der Waals surface area contributed by atoms with E-state index < -0.39 is 0 Å². The highest BCUT2D eigenvalue weighted by atomic mass is 16.2. The first kappa shape index (κ1) is 17.2. The standard InChI is InChI=1S/C19H28N6O/c1-14-21-22-17-10-11-18(23-25(14)17)24-12-6-7-15(13-24)19(26)20-16-8-4-2-3-5-9-16/h10-11,15-16H,2-9,12-13H2,1H3,(H,20,26). The molecular formula is C19H28N6O. The Hall–Kier alpha value is -2.18. The van der Waals surface area contributed by atoms with Gasteiger partial charge in [-0.05, 0) is 44.7 Å². The summed E-state index contributed by atoms with van der Waals surface area (Å²) in [6, 6.07) is 4.29. The molecule has 0 aromatic carbocycles. The lowest BCUT2D eigenvalue weighted by molar-refractivity contribution is -0.126. The summed E-state index contributed by atoms with van der Waals surface area (Å²) >= 11 is 0. The van der Waals surface area contributed by atoms with Crippen molar-refractivity contribution < 1.29 is 4.79 Å². The van der Waals surface area contributed by atoms with E-state index in [1.165, 1.54) is 25.7 Å². The number of anilines is 1. The Kier molecular flexibility index (Phi) is 5.04. The van der Waals surface area contributed by atoms with Crippen molar-refractivity contribution >= 4 is 17.4 Å². The van der Waals surface area contributed by atoms with Gasteiger partial charge < -0.3 is 10.2 Å². The predicted octanol–water partition coefficient (Wildman–Crippen LogP) is 2.49. The van der Waals surface area contributed by atoms with Crippen LogP contribution in [0.15, 0.2) is 12.1 Å². The Morgan fingerprint density at radius 1 is 1.08 bits per heavy atom. The van der Waals surface area contributed by atoms with E-state index in [9.17, 15) is 4.79 Å². The molecule has 2 aliphatic rings. The Morgan fingerprint density at radius 2 is 1.88 bits per heavy atom. The molecule has 140 valence electrons. The molecule has 1 aliphatic carbocycles. The van der Waals surface area contributed by atoms with Gasteiger partial charge in [-0.3, -0.25) is 4.79 Å². The number of aromatic nitrogens is 4. The van der Waals surface area contributed by atoms with Crippen LogP contribution in [0.4, 0.5) is 5.82 Å². The van der Waals surface area contributed by atoms with E-state index >= 15 is 0 Å². The highest BCUT2D eigenvalue weighted by Crippen LogP contribution is 2.23. The zero-order chi connectivity index (χ0) is 17.9. The minimum Gasteiger partial charge on any atom is -0.354 e. The number of rotatable bonds is 3. The molecule has 1 aliphatic heterocycles. The molecule has 3 heterocycles. The Morgan fingerprint density at radius 3 is 2.69 bits per heavy atom. The van der Waals surface area contributed by atoms with Gasteiger partial charge in [-0.25, -0.2) is 0 Å². The number of hydrogen-bond donors (Lipinski definition) is 1. The first-order chi connectivity index (χ1) is 12.7. The van der Waals surface area contributed by atoms with Crippen LogP contribution in [-0.4, -0.2) is 44.8 Å². The third-order valence-corrected chi connectivity index (χ3v) is 5.72. The molecule has 1 unspecified atom stereocenters. The van der Waals surface area contributed by atoms with Crippen LogP contribution in [0.2, 0.25) is 0 Å². The molecule has 7 nitrogen and oxygen atoms in total. The third-order valence-electron chi connectivity index (χ3n) is 5.72.